The standard InChI is InChI=1S/C12H17N3O3S/c1-2-5-13-9(16)6-14-12-15-10-7(11(17)18)3-4-8(10)19-12/h7H,2-6H2,1H3,(H,13,16)(H,14,15)(H,17,18). The maximum absolute atomic E-state index is 11.4. The topological polar surface area (TPSA) is 91.3 Å². The average molecular weight is 283 g/mol. The molecule has 3 N–H and O–H groups in total. The van der Waals surface area contributed by atoms with Gasteiger partial charge in [0.15, 0.2) is 5.13 Å². The van der Waals surface area contributed by atoms with E-state index >= 15 is 0 Å². The number of fused-ring (bicyclic) bond motifs is 1. The molecule has 2 rings (SSSR count). The highest BCUT2D eigenvalue weighted by molar-refractivity contribution is 7.15. The van der Waals surface area contributed by atoms with Gasteiger partial charge in [-0.3, -0.25) is 9.59 Å². The summed E-state index contributed by atoms with van der Waals surface area (Å²) in [4.78, 5) is 27.8. The van der Waals surface area contributed by atoms with Gasteiger partial charge in [-0.2, -0.15) is 0 Å². The molecule has 1 amide bonds. The summed E-state index contributed by atoms with van der Waals surface area (Å²) in [5.74, 6) is -1.39. The lowest BCUT2D eigenvalue weighted by molar-refractivity contribution is -0.138. The number of hydrogen-bond acceptors (Lipinski definition) is 5. The number of carboxylic acids is 1. The van der Waals surface area contributed by atoms with E-state index in [0.29, 0.717) is 23.8 Å². The first-order valence-corrected chi connectivity index (χ1v) is 7.16. The first-order chi connectivity index (χ1) is 9.11. The Kier molecular flexibility index (Phi) is 4.36. The molecule has 1 unspecified atom stereocenters. The Balaban J connectivity index is 1.92. The number of rotatable bonds is 6. The van der Waals surface area contributed by atoms with Gasteiger partial charge in [-0.1, -0.05) is 6.92 Å². The van der Waals surface area contributed by atoms with Gasteiger partial charge in [0, 0.05) is 11.4 Å². The first-order valence-electron chi connectivity index (χ1n) is 6.34. The van der Waals surface area contributed by atoms with E-state index in [4.69, 9.17) is 5.11 Å². The Bertz CT molecular complexity index is 487. The van der Waals surface area contributed by atoms with Gasteiger partial charge in [0.05, 0.1) is 12.2 Å². The van der Waals surface area contributed by atoms with E-state index in [1.165, 1.54) is 11.3 Å². The molecule has 1 aliphatic rings. The summed E-state index contributed by atoms with van der Waals surface area (Å²) in [6.45, 7) is 2.82. The van der Waals surface area contributed by atoms with Gasteiger partial charge >= 0.3 is 5.97 Å². The quantitative estimate of drug-likeness (QED) is 0.729. The summed E-state index contributed by atoms with van der Waals surface area (Å²) in [5, 5.41) is 15.4. The number of hydrogen-bond donors (Lipinski definition) is 3. The second kappa shape index (κ2) is 6.01. The van der Waals surface area contributed by atoms with E-state index < -0.39 is 11.9 Å². The number of aliphatic carboxylic acids is 1. The van der Waals surface area contributed by atoms with Crippen LogP contribution < -0.4 is 10.6 Å². The Morgan fingerprint density at radius 3 is 3.00 bits per heavy atom. The lowest BCUT2D eigenvalue weighted by Crippen LogP contribution is -2.30. The van der Waals surface area contributed by atoms with Gasteiger partial charge in [-0.15, -0.1) is 11.3 Å². The van der Waals surface area contributed by atoms with Gasteiger partial charge in [0.2, 0.25) is 5.91 Å². The molecule has 7 heteroatoms. The lowest BCUT2D eigenvalue weighted by atomic mass is 10.1. The average Bonchev–Trinajstić information content (AvgIpc) is 2.92. The molecule has 0 aliphatic heterocycles. The predicted molar refractivity (Wildman–Crippen MR) is 72.6 cm³/mol. The van der Waals surface area contributed by atoms with Crippen molar-refractivity contribution in [3.63, 3.8) is 0 Å². The Morgan fingerprint density at radius 2 is 2.32 bits per heavy atom. The molecule has 0 bridgehead atoms. The summed E-state index contributed by atoms with van der Waals surface area (Å²) in [5.41, 5.74) is 0.661. The van der Waals surface area contributed by atoms with E-state index in [9.17, 15) is 9.59 Å². The van der Waals surface area contributed by atoms with Crippen LogP contribution in [-0.2, 0) is 16.0 Å². The highest BCUT2D eigenvalue weighted by Gasteiger charge is 2.32. The lowest BCUT2D eigenvalue weighted by Gasteiger charge is -2.05. The van der Waals surface area contributed by atoms with Crippen LogP contribution in [0.3, 0.4) is 0 Å². The normalized spacial score (nSPS) is 17.0. The molecule has 0 radical (unpaired) electrons. The zero-order chi connectivity index (χ0) is 13.8. The van der Waals surface area contributed by atoms with Crippen molar-refractivity contribution in [3.8, 4) is 0 Å². The summed E-state index contributed by atoms with van der Waals surface area (Å²) < 4.78 is 0. The van der Waals surface area contributed by atoms with Crippen LogP contribution in [0, 0.1) is 0 Å². The molecule has 0 fully saturated rings. The van der Waals surface area contributed by atoms with Crippen molar-refractivity contribution in [1.29, 1.82) is 0 Å². The van der Waals surface area contributed by atoms with Crippen LogP contribution in [0.15, 0.2) is 0 Å². The van der Waals surface area contributed by atoms with E-state index in [-0.39, 0.29) is 12.5 Å². The minimum Gasteiger partial charge on any atom is -0.481 e. The van der Waals surface area contributed by atoms with Crippen molar-refractivity contribution in [3.05, 3.63) is 10.6 Å². The highest BCUT2D eigenvalue weighted by Crippen LogP contribution is 2.38. The fourth-order valence-electron chi connectivity index (χ4n) is 2.03. The maximum atomic E-state index is 11.4. The number of nitrogens with one attached hydrogen (secondary N) is 2. The number of carbonyl (C=O) groups is 2. The summed E-state index contributed by atoms with van der Waals surface area (Å²) >= 11 is 1.44. The zero-order valence-corrected chi connectivity index (χ0v) is 11.5. The molecule has 0 aromatic carbocycles. The Hall–Kier alpha value is -1.63. The van der Waals surface area contributed by atoms with Crippen LogP contribution in [-0.4, -0.2) is 35.1 Å². The maximum Gasteiger partial charge on any atom is 0.312 e. The smallest absolute Gasteiger partial charge is 0.312 e. The minimum absolute atomic E-state index is 0.0769. The van der Waals surface area contributed by atoms with Gasteiger partial charge in [-0.25, -0.2) is 4.98 Å². The molecule has 0 saturated carbocycles. The third-order valence-electron chi connectivity index (χ3n) is 2.99. The van der Waals surface area contributed by atoms with Crippen LogP contribution >= 0.6 is 11.3 Å². The van der Waals surface area contributed by atoms with Crippen molar-refractivity contribution in [2.75, 3.05) is 18.4 Å². The van der Waals surface area contributed by atoms with Gasteiger partial charge < -0.3 is 15.7 Å². The Labute approximate surface area is 115 Å². The van der Waals surface area contributed by atoms with Crippen molar-refractivity contribution in [1.82, 2.24) is 10.3 Å². The molecule has 1 heterocycles. The predicted octanol–water partition coefficient (Wildman–Crippen LogP) is 1.20. The number of carbonyl (C=O) groups excluding carboxylic acids is 1. The molecule has 1 atom stereocenters. The molecular formula is C12H17N3O3S. The molecule has 1 aromatic heterocycles. The van der Waals surface area contributed by atoms with Crippen molar-refractivity contribution >= 4 is 28.3 Å². The number of thiazole rings is 1. The van der Waals surface area contributed by atoms with E-state index in [0.717, 1.165) is 17.7 Å². The second-order valence-electron chi connectivity index (χ2n) is 4.46. The van der Waals surface area contributed by atoms with Crippen LogP contribution in [0.2, 0.25) is 0 Å². The van der Waals surface area contributed by atoms with E-state index in [2.05, 4.69) is 15.6 Å². The molecular weight excluding hydrogens is 266 g/mol. The second-order valence-corrected chi connectivity index (χ2v) is 5.54. The molecule has 6 nitrogen and oxygen atoms in total. The third kappa shape index (κ3) is 3.23. The van der Waals surface area contributed by atoms with Crippen molar-refractivity contribution in [2.24, 2.45) is 0 Å². The highest BCUT2D eigenvalue weighted by atomic mass is 32.1. The Morgan fingerprint density at radius 1 is 1.53 bits per heavy atom. The summed E-state index contributed by atoms with van der Waals surface area (Å²) in [7, 11) is 0. The fraction of sp³-hybridized carbons (Fsp3) is 0.583. The number of nitrogens with zero attached hydrogens (tertiary/aromatic N) is 1. The number of aromatic nitrogens is 1. The zero-order valence-electron chi connectivity index (χ0n) is 10.7. The SMILES string of the molecule is CCCNC(=O)CNc1nc2c(s1)CCC2C(=O)O. The van der Waals surface area contributed by atoms with E-state index in [1.54, 1.807) is 0 Å². The van der Waals surface area contributed by atoms with Gasteiger partial charge in [0.1, 0.15) is 5.92 Å². The molecule has 0 saturated heterocycles. The number of carboxylic acid groups (broad SMARTS) is 1. The number of anilines is 1. The summed E-state index contributed by atoms with van der Waals surface area (Å²) in [6, 6.07) is 0. The largest absolute Gasteiger partial charge is 0.481 e. The minimum atomic E-state index is -0.823. The third-order valence-corrected chi connectivity index (χ3v) is 4.08. The van der Waals surface area contributed by atoms with Crippen LogP contribution in [0.4, 0.5) is 5.13 Å². The van der Waals surface area contributed by atoms with E-state index in [1.807, 2.05) is 6.92 Å². The van der Waals surface area contributed by atoms with Crippen LogP contribution in [0.1, 0.15) is 36.3 Å². The fourth-order valence-corrected chi connectivity index (χ4v) is 3.06. The number of aryl methyl sites for hydroxylation is 1. The molecule has 1 aliphatic carbocycles. The van der Waals surface area contributed by atoms with Crippen molar-refractivity contribution < 1.29 is 14.7 Å². The van der Waals surface area contributed by atoms with Gasteiger partial charge in [0.25, 0.3) is 0 Å². The molecule has 19 heavy (non-hydrogen) atoms. The molecule has 104 valence electrons. The van der Waals surface area contributed by atoms with Gasteiger partial charge in [-0.05, 0) is 19.3 Å². The monoisotopic (exact) mass is 283 g/mol. The first kappa shape index (κ1) is 13.8. The molecule has 0 spiro atoms. The van der Waals surface area contributed by atoms with Crippen LogP contribution in [0.25, 0.3) is 0 Å². The summed E-state index contributed by atoms with van der Waals surface area (Å²) in [6.07, 6.45) is 2.28. The molecule has 1 aromatic rings. The van der Waals surface area contributed by atoms with Crippen LogP contribution in [0.5, 0.6) is 0 Å². The number of amides is 1. The van der Waals surface area contributed by atoms with Crippen molar-refractivity contribution in [2.45, 2.75) is 32.1 Å².